The van der Waals surface area contributed by atoms with Gasteiger partial charge in [-0.3, -0.25) is 4.79 Å². The molecule has 3 rings (SSSR count). The molecule has 2 N–H and O–H groups in total. The maximum Gasteiger partial charge on any atom is 0.411 e. The number of aromatic nitrogens is 1. The molecule has 0 radical (unpaired) electrons. The number of ether oxygens (including phenoxy) is 1. The molecule has 0 aliphatic carbocycles. The van der Waals surface area contributed by atoms with Gasteiger partial charge in [-0.15, -0.1) is 0 Å². The first-order valence-electron chi connectivity index (χ1n) is 10.1. The Kier molecular flexibility index (Phi) is 8.41. The zero-order valence-electron chi connectivity index (χ0n) is 18.5. The third-order valence-electron chi connectivity index (χ3n) is 5.16. The van der Waals surface area contributed by atoms with E-state index in [0.717, 1.165) is 22.6 Å². The van der Waals surface area contributed by atoms with Crippen molar-refractivity contribution < 1.29 is 22.7 Å². The number of fused-ring (bicyclic) bond motifs is 1. The van der Waals surface area contributed by atoms with Gasteiger partial charge in [0.25, 0.3) is 0 Å². The van der Waals surface area contributed by atoms with Crippen LogP contribution in [0.4, 0.5) is 30.4 Å². The maximum absolute atomic E-state index is 12.4. The predicted molar refractivity (Wildman–Crippen MR) is 124 cm³/mol. The molecule has 0 fully saturated rings. The number of aryl methyl sites for hydroxylation is 1. The lowest BCUT2D eigenvalue weighted by molar-refractivity contribution is -0.176. The maximum atomic E-state index is 12.4. The number of rotatable bonds is 7. The van der Waals surface area contributed by atoms with Gasteiger partial charge >= 0.3 is 6.18 Å². The highest BCUT2D eigenvalue weighted by atomic mass is 32.1. The quantitative estimate of drug-likeness (QED) is 0.619. The number of carbonyl (C=O) groups excluding carboxylic acids is 1. The van der Waals surface area contributed by atoms with Gasteiger partial charge in [0.2, 0.25) is 5.91 Å². The summed E-state index contributed by atoms with van der Waals surface area (Å²) >= 11 is 0. The van der Waals surface area contributed by atoms with Gasteiger partial charge in [-0.1, -0.05) is 38.1 Å². The first-order valence-corrected chi connectivity index (χ1v) is 10.1. The Hall–Kier alpha value is -2.46. The molecule has 1 aromatic heterocycles. The van der Waals surface area contributed by atoms with Crippen LogP contribution in [0.3, 0.4) is 0 Å². The number of nitrogens with one attached hydrogen (secondary N) is 2. The Bertz CT molecular complexity index is 936. The van der Waals surface area contributed by atoms with E-state index in [9.17, 15) is 18.0 Å². The zero-order chi connectivity index (χ0) is 22.8. The Balaban J connectivity index is 0.00000363. The van der Waals surface area contributed by atoms with Crippen molar-refractivity contribution in [3.8, 4) is 0 Å². The monoisotopic (exact) mass is 470 g/mol. The zero-order valence-corrected chi connectivity index (χ0v) is 19.5. The molecule has 176 valence electrons. The van der Waals surface area contributed by atoms with E-state index in [1.165, 1.54) is 0 Å². The van der Waals surface area contributed by atoms with E-state index in [2.05, 4.69) is 20.4 Å². The number of nitrogens with zero attached hydrogens (tertiary/aromatic N) is 2. The summed E-state index contributed by atoms with van der Waals surface area (Å²) in [6.45, 7) is 5.02. The summed E-state index contributed by atoms with van der Waals surface area (Å²) in [6.07, 6.45) is -4.32. The number of benzene rings is 1. The Labute approximate surface area is 193 Å². The first-order chi connectivity index (χ1) is 14.5. The van der Waals surface area contributed by atoms with Crippen molar-refractivity contribution in [3.05, 3.63) is 47.2 Å². The van der Waals surface area contributed by atoms with Crippen LogP contribution >= 0.6 is 13.5 Å². The second kappa shape index (κ2) is 10.4. The van der Waals surface area contributed by atoms with E-state index < -0.39 is 12.8 Å². The fraction of sp³-hybridized carbons (Fsp3) is 0.455. The minimum atomic E-state index is -4.32. The molecule has 6 nitrogen and oxygen atoms in total. The van der Waals surface area contributed by atoms with Crippen LogP contribution in [0.15, 0.2) is 30.3 Å². The van der Waals surface area contributed by atoms with Gasteiger partial charge in [0.15, 0.2) is 0 Å². The van der Waals surface area contributed by atoms with Gasteiger partial charge in [0.05, 0.1) is 23.7 Å². The highest BCUT2D eigenvalue weighted by molar-refractivity contribution is 7.59. The van der Waals surface area contributed by atoms with E-state index in [4.69, 9.17) is 0 Å². The highest BCUT2D eigenvalue weighted by Crippen LogP contribution is 2.36. The lowest BCUT2D eigenvalue weighted by Crippen LogP contribution is -2.49. The van der Waals surface area contributed by atoms with Gasteiger partial charge in [-0.25, -0.2) is 4.98 Å². The minimum absolute atomic E-state index is 0. The summed E-state index contributed by atoms with van der Waals surface area (Å²) in [4.78, 5) is 19.0. The molecule has 1 aromatic carbocycles. The molecule has 2 heterocycles. The molecule has 0 saturated carbocycles. The number of hydrogen-bond acceptors (Lipinski definition) is 5. The third kappa shape index (κ3) is 6.29. The number of halogens is 3. The number of anilines is 3. The SMILES string of the molecule is Cc1nc(NCc2ccc(COCC(F)(F)F)cc2)cc2c1NC(=O)[C@H](C(C)C)N2C.S. The number of carbonyl (C=O) groups is 1. The summed E-state index contributed by atoms with van der Waals surface area (Å²) < 4.78 is 41.2. The largest absolute Gasteiger partial charge is 0.411 e. The summed E-state index contributed by atoms with van der Waals surface area (Å²) in [5, 5.41) is 6.25. The smallest absolute Gasteiger partial charge is 0.367 e. The standard InChI is InChI=1S/C22H27F3N4O2.H2S/c1-13(2)20-21(30)28-19-14(3)27-18(9-17(19)29(20)4)26-10-15-5-7-16(8-6-15)11-31-12-22(23,24)25;/h5-9,13,20H,10-12H2,1-4H3,(H,26,27)(H,28,30);1H2/t20-;/m0./s1. The van der Waals surface area contributed by atoms with E-state index >= 15 is 0 Å². The van der Waals surface area contributed by atoms with E-state index in [1.807, 2.05) is 50.9 Å². The molecule has 32 heavy (non-hydrogen) atoms. The van der Waals surface area contributed by atoms with Crippen molar-refractivity contribution in [2.24, 2.45) is 5.92 Å². The molecule has 2 aromatic rings. The molecule has 0 unspecified atom stereocenters. The van der Waals surface area contributed by atoms with Crippen LogP contribution < -0.4 is 15.5 Å². The number of likely N-dealkylation sites (N-methyl/N-ethyl adjacent to an activating group) is 1. The van der Waals surface area contributed by atoms with Crippen LogP contribution in [0.2, 0.25) is 0 Å². The molecule has 0 saturated heterocycles. The van der Waals surface area contributed by atoms with Crippen LogP contribution in [-0.4, -0.2) is 36.8 Å². The molecule has 10 heteroatoms. The van der Waals surface area contributed by atoms with Gasteiger partial charge in [-0.05, 0) is 24.0 Å². The second-order valence-electron chi connectivity index (χ2n) is 8.05. The Morgan fingerprint density at radius 2 is 1.84 bits per heavy atom. The van der Waals surface area contributed by atoms with Gasteiger partial charge in [-0.2, -0.15) is 26.7 Å². The molecule has 1 aliphatic rings. The van der Waals surface area contributed by atoms with Crippen LogP contribution in [0.5, 0.6) is 0 Å². The number of amides is 1. The highest BCUT2D eigenvalue weighted by Gasteiger charge is 2.34. The molecule has 0 spiro atoms. The van der Waals surface area contributed by atoms with Crippen molar-refractivity contribution in [2.75, 3.05) is 29.2 Å². The summed E-state index contributed by atoms with van der Waals surface area (Å²) in [7, 11) is 1.91. The van der Waals surface area contributed by atoms with Crippen molar-refractivity contribution >= 4 is 36.6 Å². The predicted octanol–water partition coefficient (Wildman–Crippen LogP) is 4.61. The molecular formula is C22H29F3N4O2S. The fourth-order valence-corrected chi connectivity index (χ4v) is 3.68. The van der Waals surface area contributed by atoms with Crippen LogP contribution in [0.1, 0.15) is 30.7 Å². The Morgan fingerprint density at radius 1 is 1.22 bits per heavy atom. The number of hydrogen-bond donors (Lipinski definition) is 2. The summed E-state index contributed by atoms with van der Waals surface area (Å²) in [6, 6.07) is 8.83. The van der Waals surface area contributed by atoms with Crippen molar-refractivity contribution in [3.63, 3.8) is 0 Å². The molecule has 0 bridgehead atoms. The van der Waals surface area contributed by atoms with E-state index in [-0.39, 0.29) is 38.0 Å². The fourth-order valence-electron chi connectivity index (χ4n) is 3.68. The number of pyridine rings is 1. The first kappa shape index (κ1) is 25.8. The molecule has 1 amide bonds. The van der Waals surface area contributed by atoms with Crippen LogP contribution in [0.25, 0.3) is 0 Å². The van der Waals surface area contributed by atoms with Crippen molar-refractivity contribution in [2.45, 2.75) is 46.1 Å². The summed E-state index contributed by atoms with van der Waals surface area (Å²) in [5.41, 5.74) is 3.98. The van der Waals surface area contributed by atoms with E-state index in [1.54, 1.807) is 12.1 Å². The third-order valence-corrected chi connectivity index (χ3v) is 5.16. The lowest BCUT2D eigenvalue weighted by atomic mass is 9.98. The average Bonchev–Trinajstić information content (AvgIpc) is 2.67. The van der Waals surface area contributed by atoms with Gasteiger partial charge < -0.3 is 20.3 Å². The Morgan fingerprint density at radius 3 is 2.44 bits per heavy atom. The molecule has 1 aliphatic heterocycles. The normalized spacial score (nSPS) is 15.8. The van der Waals surface area contributed by atoms with Crippen molar-refractivity contribution in [1.82, 2.24) is 4.98 Å². The van der Waals surface area contributed by atoms with Crippen LogP contribution in [0, 0.1) is 12.8 Å². The van der Waals surface area contributed by atoms with Crippen LogP contribution in [-0.2, 0) is 22.7 Å². The van der Waals surface area contributed by atoms with Crippen molar-refractivity contribution in [1.29, 1.82) is 0 Å². The second-order valence-corrected chi connectivity index (χ2v) is 8.05. The summed E-state index contributed by atoms with van der Waals surface area (Å²) in [5.74, 6) is 0.802. The molecule has 1 atom stereocenters. The minimum Gasteiger partial charge on any atom is -0.367 e. The van der Waals surface area contributed by atoms with E-state index in [0.29, 0.717) is 17.9 Å². The topological polar surface area (TPSA) is 66.5 Å². The lowest BCUT2D eigenvalue weighted by Gasteiger charge is -2.38. The molecular weight excluding hydrogens is 441 g/mol. The van der Waals surface area contributed by atoms with Gasteiger partial charge in [0.1, 0.15) is 18.5 Å². The van der Waals surface area contributed by atoms with Gasteiger partial charge in [0, 0.05) is 19.7 Å². The average molecular weight is 471 g/mol. The number of alkyl halides is 3.